The van der Waals surface area contributed by atoms with Crippen LogP contribution in [0.3, 0.4) is 0 Å². The summed E-state index contributed by atoms with van der Waals surface area (Å²) in [5.41, 5.74) is 0. The van der Waals surface area contributed by atoms with Crippen LogP contribution in [0.5, 0.6) is 0 Å². The van der Waals surface area contributed by atoms with Gasteiger partial charge in [-0.2, -0.15) is 0 Å². The Bertz CT molecular complexity index is 47.4. The molecule has 0 aliphatic heterocycles. The molecule has 0 aliphatic carbocycles. The first kappa shape index (κ1) is 62.2. The molecule has 0 amide bonds. The molecule has 0 saturated heterocycles. The molecule has 0 heterocycles. The molecule has 0 radical (unpaired) electrons. The van der Waals surface area contributed by atoms with Crippen molar-refractivity contribution < 1.29 is 17.6 Å². The average Bonchev–Trinajstić information content (AvgIpc) is 2.16. The lowest BCUT2D eigenvalue weighted by atomic mass is 10.4. The zero-order valence-corrected chi connectivity index (χ0v) is 8.46. The van der Waals surface area contributed by atoms with Crippen molar-refractivity contribution in [1.82, 2.24) is 0 Å². The van der Waals surface area contributed by atoms with Crippen LogP contribution in [0.2, 0.25) is 0 Å². The lowest BCUT2D eigenvalue weighted by Crippen LogP contribution is -1.76. The Hall–Kier alpha value is -0.280. The van der Waals surface area contributed by atoms with Crippen LogP contribution in [0.1, 0.15) is 77.7 Å². The summed E-state index contributed by atoms with van der Waals surface area (Å²) in [6.45, 7) is 2.06. The van der Waals surface area contributed by atoms with E-state index in [1.807, 2.05) is 0 Å². The van der Waals surface area contributed by atoms with E-state index in [-0.39, 0.29) is 71.3 Å². The molecule has 0 aromatic rings. The van der Waals surface area contributed by atoms with E-state index in [1.54, 1.807) is 6.92 Å². The smallest absolute Gasteiger partial charge is 0.0895 e. The first-order valence-corrected chi connectivity index (χ1v) is 4.48. The third-order valence-electron chi connectivity index (χ3n) is 0.706. The Morgan fingerprint density at radius 2 is 0.684 bits per heavy atom. The van der Waals surface area contributed by atoms with Gasteiger partial charge in [-0.05, 0) is 26.2 Å². The third kappa shape index (κ3) is 316. The van der Waals surface area contributed by atoms with Crippen LogP contribution in [0.15, 0.2) is 0 Å². The maximum Gasteiger partial charge on any atom is 0.0895 e. The Morgan fingerprint density at radius 3 is 0.737 bits per heavy atom. The van der Waals surface area contributed by atoms with Crippen molar-refractivity contribution >= 4 is 0 Å². The van der Waals surface area contributed by atoms with Gasteiger partial charge in [-0.25, -0.2) is 0 Å². The third-order valence-corrected chi connectivity index (χ3v) is 0.706. The van der Waals surface area contributed by atoms with Gasteiger partial charge in [0.15, 0.2) is 0 Å². The van der Waals surface area contributed by atoms with Crippen LogP contribution >= 0.6 is 0 Å². The van der Waals surface area contributed by atoms with Gasteiger partial charge in [0.25, 0.3) is 0 Å². The minimum absolute atomic E-state index is 0. The largest absolute Gasteiger partial charge is 0.251 e. The van der Waals surface area contributed by atoms with E-state index in [1.165, 1.54) is 6.92 Å². The van der Waals surface area contributed by atoms with Crippen LogP contribution in [0.25, 0.3) is 0 Å². The van der Waals surface area contributed by atoms with Crippen molar-refractivity contribution in [1.29, 1.82) is 0 Å². The molecule has 0 aliphatic rings. The van der Waals surface area contributed by atoms with Crippen molar-refractivity contribution in [2.24, 2.45) is 0 Å². The molecule has 132 valence electrons. The standard InChI is InChI=1S/C4H8F2.C3H7F.C2H5F.6CH4/c5-3-1-2-4-6;1-2-3-4;1-2-3;;;;;;/h1-4H2;2-3H2,1H3;2H2,1H3;6*1H4. The molecule has 0 saturated carbocycles. The molecule has 0 nitrogen and oxygen atoms in total. The molecular formula is C15H44F4. The first-order chi connectivity index (χ1) is 6.24. The Labute approximate surface area is 123 Å². The zero-order valence-electron chi connectivity index (χ0n) is 8.46. The summed E-state index contributed by atoms with van der Waals surface area (Å²) in [7, 11) is 0. The first-order valence-electron chi connectivity index (χ1n) is 4.48. The number of rotatable bonds is 4. The summed E-state index contributed by atoms with van der Waals surface area (Å²) >= 11 is 0. The van der Waals surface area contributed by atoms with Gasteiger partial charge in [0, 0.05) is 0 Å². The highest BCUT2D eigenvalue weighted by Gasteiger charge is 1.80. The fraction of sp³-hybridized carbons (Fsp3) is 1.00. The van der Waals surface area contributed by atoms with Crippen LogP contribution in [-0.4, -0.2) is 26.7 Å². The number of unbranched alkanes of at least 4 members (excludes halogenated alkanes) is 1. The fourth-order valence-electron chi connectivity index (χ4n) is 0.189. The van der Waals surface area contributed by atoms with Crippen molar-refractivity contribution in [3.8, 4) is 0 Å². The highest BCUT2D eigenvalue weighted by atomic mass is 19.1. The lowest BCUT2D eigenvalue weighted by molar-refractivity contribution is 0.409. The molecule has 0 aromatic heterocycles. The molecule has 0 N–H and O–H groups in total. The number of hydrogen-bond donors (Lipinski definition) is 0. The predicted octanol–water partition coefficient (Wildman–Crippen LogP) is 7.86. The molecule has 0 aromatic carbocycles. The van der Waals surface area contributed by atoms with Crippen LogP contribution < -0.4 is 0 Å². The minimum Gasteiger partial charge on any atom is -0.251 e. The SMILES string of the molecule is C.C.C.C.C.C.CCCF.CCF.FCCCCF. The van der Waals surface area contributed by atoms with Crippen molar-refractivity contribution in [3.05, 3.63) is 0 Å². The summed E-state index contributed by atoms with van der Waals surface area (Å²) in [5, 5.41) is 0. The predicted molar refractivity (Wildman–Crippen MR) is 89.5 cm³/mol. The fourth-order valence-corrected chi connectivity index (χ4v) is 0.189. The molecule has 0 unspecified atom stereocenters. The molecule has 0 fully saturated rings. The van der Waals surface area contributed by atoms with E-state index in [9.17, 15) is 17.6 Å². The van der Waals surface area contributed by atoms with Gasteiger partial charge in [0.05, 0.1) is 26.7 Å². The summed E-state index contributed by atoms with van der Waals surface area (Å²) < 4.78 is 43.0. The lowest BCUT2D eigenvalue weighted by Gasteiger charge is -1.81. The molecule has 4 heteroatoms. The monoisotopic (exact) mass is 300 g/mol. The van der Waals surface area contributed by atoms with Gasteiger partial charge in [0.1, 0.15) is 0 Å². The topological polar surface area (TPSA) is 0 Å². The van der Waals surface area contributed by atoms with Crippen LogP contribution in [-0.2, 0) is 0 Å². The Balaban J connectivity index is -0.0000000101. The molecule has 0 spiro atoms. The molecule has 0 rings (SSSR count). The van der Waals surface area contributed by atoms with E-state index in [2.05, 4.69) is 0 Å². The Morgan fingerprint density at radius 1 is 0.526 bits per heavy atom. The van der Waals surface area contributed by atoms with Crippen molar-refractivity contribution in [2.75, 3.05) is 26.7 Å². The second kappa shape index (κ2) is 110. The van der Waals surface area contributed by atoms with Crippen molar-refractivity contribution in [3.63, 3.8) is 0 Å². The summed E-state index contributed by atoms with van der Waals surface area (Å²) in [6.07, 6.45) is 1.40. The zero-order chi connectivity index (χ0) is 10.9. The van der Waals surface area contributed by atoms with E-state index < -0.39 is 0 Å². The van der Waals surface area contributed by atoms with Gasteiger partial charge in [-0.1, -0.05) is 51.5 Å². The second-order valence-electron chi connectivity index (χ2n) is 2.04. The normalized spacial score (nSPS) is 5.37. The quantitative estimate of drug-likeness (QED) is 0.366. The maximum atomic E-state index is 11.0. The number of alkyl halides is 4. The van der Waals surface area contributed by atoms with Crippen LogP contribution in [0, 0.1) is 0 Å². The van der Waals surface area contributed by atoms with Gasteiger partial charge in [-0.3, -0.25) is 17.6 Å². The van der Waals surface area contributed by atoms with Crippen molar-refractivity contribution in [2.45, 2.75) is 77.7 Å². The summed E-state index contributed by atoms with van der Waals surface area (Å²) in [5.74, 6) is 0. The maximum absolute atomic E-state index is 11.0. The second-order valence-corrected chi connectivity index (χ2v) is 2.04. The summed E-state index contributed by atoms with van der Waals surface area (Å²) in [6, 6.07) is 0. The molecule has 0 bridgehead atoms. The van der Waals surface area contributed by atoms with E-state index in [0.717, 1.165) is 0 Å². The average molecular weight is 301 g/mol. The molecule has 0 atom stereocenters. The summed E-state index contributed by atoms with van der Waals surface area (Å²) in [4.78, 5) is 0. The van der Waals surface area contributed by atoms with Gasteiger partial charge in [0.2, 0.25) is 0 Å². The highest BCUT2D eigenvalue weighted by Crippen LogP contribution is 1.87. The van der Waals surface area contributed by atoms with Gasteiger partial charge >= 0.3 is 0 Å². The molecular weight excluding hydrogens is 256 g/mol. The number of halogens is 4. The molecule has 19 heavy (non-hydrogen) atoms. The van der Waals surface area contributed by atoms with E-state index in [4.69, 9.17) is 0 Å². The Kier molecular flexibility index (Phi) is 359. The number of hydrogen-bond acceptors (Lipinski definition) is 0. The van der Waals surface area contributed by atoms with Crippen LogP contribution in [0.4, 0.5) is 17.6 Å². The van der Waals surface area contributed by atoms with Gasteiger partial charge in [-0.15, -0.1) is 0 Å². The minimum atomic E-state index is -0.385. The highest BCUT2D eigenvalue weighted by molar-refractivity contribution is 4.31. The van der Waals surface area contributed by atoms with E-state index >= 15 is 0 Å². The van der Waals surface area contributed by atoms with Gasteiger partial charge < -0.3 is 0 Å². The van der Waals surface area contributed by atoms with E-state index in [0.29, 0.717) is 19.3 Å².